The molecule has 5 rings (SSSR count). The molecule has 0 bridgehead atoms. The summed E-state index contributed by atoms with van der Waals surface area (Å²) in [5.74, 6) is -0.0734. The minimum atomic E-state index is -1.16. The predicted molar refractivity (Wildman–Crippen MR) is 163 cm³/mol. The van der Waals surface area contributed by atoms with Crippen molar-refractivity contribution in [3.05, 3.63) is 122 Å². The van der Waals surface area contributed by atoms with Crippen LogP contribution in [0.2, 0.25) is 15.1 Å². The molecule has 1 unspecified atom stereocenters. The van der Waals surface area contributed by atoms with E-state index in [-0.39, 0.29) is 25.5 Å². The molecule has 41 heavy (non-hydrogen) atoms. The van der Waals surface area contributed by atoms with E-state index in [0.717, 1.165) is 27.8 Å². The highest BCUT2D eigenvalue weighted by Gasteiger charge is 2.46. The molecule has 210 valence electrons. The highest BCUT2D eigenvalue weighted by molar-refractivity contribution is 6.36. The predicted octanol–water partition coefficient (Wildman–Crippen LogP) is 7.65. The largest absolute Gasteiger partial charge is 0.489 e. The van der Waals surface area contributed by atoms with Crippen LogP contribution in [0.5, 0.6) is 5.75 Å². The molecule has 0 saturated carbocycles. The van der Waals surface area contributed by atoms with E-state index in [1.54, 1.807) is 37.3 Å². The van der Waals surface area contributed by atoms with E-state index in [0.29, 0.717) is 39.2 Å². The van der Waals surface area contributed by atoms with Gasteiger partial charge in [-0.25, -0.2) is 4.79 Å². The van der Waals surface area contributed by atoms with Gasteiger partial charge in [-0.2, -0.15) is 0 Å². The van der Waals surface area contributed by atoms with Crippen LogP contribution in [0.3, 0.4) is 0 Å². The molecule has 0 heterocycles. The third kappa shape index (κ3) is 6.70. The first-order valence-corrected chi connectivity index (χ1v) is 14.4. The molecule has 1 aliphatic carbocycles. The molecule has 0 radical (unpaired) electrons. The van der Waals surface area contributed by atoms with E-state index >= 15 is 0 Å². The number of carbonyl (C=O) groups excluding carboxylic acids is 2. The second-order valence-corrected chi connectivity index (χ2v) is 11.3. The van der Waals surface area contributed by atoms with Crippen LogP contribution in [0.15, 0.2) is 84.9 Å². The van der Waals surface area contributed by atoms with Crippen molar-refractivity contribution in [3.8, 4) is 16.9 Å². The van der Waals surface area contributed by atoms with Gasteiger partial charge in [-0.05, 0) is 71.1 Å². The van der Waals surface area contributed by atoms with E-state index in [2.05, 4.69) is 11.4 Å². The second-order valence-electron chi connectivity index (χ2n) is 10.0. The maximum atomic E-state index is 13.2. The topological polar surface area (TPSA) is 64.6 Å². The number of hydrogen-bond acceptors (Lipinski definition) is 4. The fourth-order valence-corrected chi connectivity index (χ4v) is 5.71. The smallest absolute Gasteiger partial charge is 0.332 e. The van der Waals surface area contributed by atoms with E-state index in [1.807, 2.05) is 48.5 Å². The average molecular weight is 609 g/mol. The number of esters is 1. The molecular weight excluding hydrogens is 581 g/mol. The molecule has 1 N–H and O–H groups in total. The Bertz CT molecular complexity index is 1550. The normalized spacial score (nSPS) is 15.7. The number of rotatable bonds is 9. The summed E-state index contributed by atoms with van der Waals surface area (Å²) in [6.45, 7) is 2.21. The van der Waals surface area contributed by atoms with Crippen molar-refractivity contribution >= 4 is 46.7 Å². The first-order valence-electron chi connectivity index (χ1n) is 13.3. The summed E-state index contributed by atoms with van der Waals surface area (Å²) < 4.78 is 11.3. The molecular formula is C33H28Cl3NO4. The Balaban J connectivity index is 1.26. The minimum Gasteiger partial charge on any atom is -0.489 e. The van der Waals surface area contributed by atoms with Gasteiger partial charge in [0.15, 0.2) is 0 Å². The standard InChI is InChI=1S/C33H28Cl3NO4/c1-2-40-32(39)33(18-24-9-8-23(17-25(24)19-33)22-10-12-26(34)13-11-22)37-31(38)16-21-6-14-27(15-7-21)41-20-28-29(35)4-3-5-30(28)36/h3-15,17H,2,16,18-20H2,1H3,(H,37,38). The lowest BCUT2D eigenvalue weighted by molar-refractivity contribution is -0.153. The molecule has 0 saturated heterocycles. The van der Waals surface area contributed by atoms with Crippen LogP contribution in [0, 0.1) is 0 Å². The van der Waals surface area contributed by atoms with Crippen molar-refractivity contribution in [2.45, 2.75) is 38.3 Å². The number of amides is 1. The quantitative estimate of drug-likeness (QED) is 0.198. The molecule has 4 aromatic rings. The Kier molecular flexibility index (Phi) is 8.88. The SMILES string of the molecule is CCOC(=O)C1(NC(=O)Cc2ccc(OCc3c(Cl)cccc3Cl)cc2)Cc2ccc(-c3ccc(Cl)cc3)cc2C1. The van der Waals surface area contributed by atoms with Crippen molar-refractivity contribution in [2.24, 2.45) is 0 Å². The number of fused-ring (bicyclic) bond motifs is 1. The zero-order chi connectivity index (χ0) is 29.0. The fourth-order valence-electron chi connectivity index (χ4n) is 5.08. The van der Waals surface area contributed by atoms with Crippen LogP contribution in [0.1, 0.15) is 29.2 Å². The van der Waals surface area contributed by atoms with Crippen LogP contribution in [-0.2, 0) is 40.2 Å². The van der Waals surface area contributed by atoms with Gasteiger partial charge in [0, 0.05) is 33.5 Å². The van der Waals surface area contributed by atoms with E-state index in [9.17, 15) is 9.59 Å². The van der Waals surface area contributed by atoms with Gasteiger partial charge in [0.05, 0.1) is 13.0 Å². The van der Waals surface area contributed by atoms with Crippen LogP contribution in [-0.4, -0.2) is 24.0 Å². The average Bonchev–Trinajstić information content (AvgIpc) is 3.32. The Morgan fingerprint density at radius 1 is 0.829 bits per heavy atom. The van der Waals surface area contributed by atoms with Gasteiger partial charge in [-0.15, -0.1) is 0 Å². The van der Waals surface area contributed by atoms with Gasteiger partial charge in [0.25, 0.3) is 0 Å². The van der Waals surface area contributed by atoms with Crippen LogP contribution >= 0.6 is 34.8 Å². The first kappa shape index (κ1) is 29.0. The maximum absolute atomic E-state index is 13.2. The zero-order valence-electron chi connectivity index (χ0n) is 22.4. The molecule has 0 fully saturated rings. The molecule has 1 atom stereocenters. The van der Waals surface area contributed by atoms with Crippen LogP contribution in [0.25, 0.3) is 11.1 Å². The Hall–Kier alpha value is -3.51. The van der Waals surface area contributed by atoms with Crippen LogP contribution in [0.4, 0.5) is 0 Å². The highest BCUT2D eigenvalue weighted by atomic mass is 35.5. The number of nitrogens with one attached hydrogen (secondary N) is 1. The van der Waals surface area contributed by atoms with Gasteiger partial charge in [-0.3, -0.25) is 4.79 Å². The van der Waals surface area contributed by atoms with Gasteiger partial charge >= 0.3 is 5.97 Å². The number of carbonyl (C=O) groups is 2. The molecule has 0 aliphatic heterocycles. The minimum absolute atomic E-state index is 0.101. The molecule has 8 heteroatoms. The molecule has 5 nitrogen and oxygen atoms in total. The Morgan fingerprint density at radius 3 is 2.17 bits per heavy atom. The summed E-state index contributed by atoms with van der Waals surface area (Å²) in [4.78, 5) is 26.4. The van der Waals surface area contributed by atoms with Crippen molar-refractivity contribution in [1.82, 2.24) is 5.32 Å². The zero-order valence-corrected chi connectivity index (χ0v) is 24.7. The van der Waals surface area contributed by atoms with Crippen molar-refractivity contribution in [3.63, 3.8) is 0 Å². The molecule has 1 aliphatic rings. The van der Waals surface area contributed by atoms with Crippen molar-refractivity contribution < 1.29 is 19.1 Å². The highest BCUT2D eigenvalue weighted by Crippen LogP contribution is 2.35. The number of ether oxygens (including phenoxy) is 2. The summed E-state index contributed by atoms with van der Waals surface area (Å²) in [6, 6.07) is 26.2. The first-order chi connectivity index (χ1) is 19.8. The fraction of sp³-hybridized carbons (Fsp3) is 0.212. The van der Waals surface area contributed by atoms with Gasteiger partial charge in [-0.1, -0.05) is 83.3 Å². The summed E-state index contributed by atoms with van der Waals surface area (Å²) >= 11 is 18.5. The van der Waals surface area contributed by atoms with E-state index < -0.39 is 11.5 Å². The van der Waals surface area contributed by atoms with Crippen molar-refractivity contribution in [2.75, 3.05) is 6.61 Å². The number of benzene rings is 4. The molecule has 1 amide bonds. The lowest BCUT2D eigenvalue weighted by Gasteiger charge is -2.28. The summed E-state index contributed by atoms with van der Waals surface area (Å²) in [5.41, 5.74) is 4.39. The molecule has 0 aromatic heterocycles. The summed E-state index contributed by atoms with van der Waals surface area (Å²) in [7, 11) is 0. The molecule has 0 spiro atoms. The van der Waals surface area contributed by atoms with E-state index in [1.165, 1.54) is 0 Å². The van der Waals surface area contributed by atoms with Crippen molar-refractivity contribution in [1.29, 1.82) is 0 Å². The lowest BCUT2D eigenvalue weighted by atomic mass is 9.95. The van der Waals surface area contributed by atoms with Crippen LogP contribution < -0.4 is 10.1 Å². The number of halogens is 3. The Labute approximate surface area is 254 Å². The number of hydrogen-bond donors (Lipinski definition) is 1. The third-order valence-corrected chi connectivity index (χ3v) is 8.11. The van der Waals surface area contributed by atoms with E-state index in [4.69, 9.17) is 44.3 Å². The van der Waals surface area contributed by atoms with Gasteiger partial charge < -0.3 is 14.8 Å². The monoisotopic (exact) mass is 607 g/mol. The summed E-state index contributed by atoms with van der Waals surface area (Å²) in [5, 5.41) is 4.77. The van der Waals surface area contributed by atoms with Gasteiger partial charge in [0.2, 0.25) is 5.91 Å². The van der Waals surface area contributed by atoms with Gasteiger partial charge in [0.1, 0.15) is 17.9 Å². The lowest BCUT2D eigenvalue weighted by Crippen LogP contribution is -2.56. The third-order valence-electron chi connectivity index (χ3n) is 7.15. The maximum Gasteiger partial charge on any atom is 0.332 e. The molecule has 4 aromatic carbocycles. The second kappa shape index (κ2) is 12.6. The summed E-state index contributed by atoms with van der Waals surface area (Å²) in [6.07, 6.45) is 0.820. The Morgan fingerprint density at radius 2 is 1.49 bits per heavy atom.